The van der Waals surface area contributed by atoms with Crippen molar-refractivity contribution >= 4 is 27.4 Å². The molecule has 19 heavy (non-hydrogen) atoms. The quantitative estimate of drug-likeness (QED) is 0.848. The first-order valence-electron chi connectivity index (χ1n) is 5.88. The number of aryl methyl sites for hydroxylation is 1. The summed E-state index contributed by atoms with van der Waals surface area (Å²) in [6, 6.07) is 7.58. The van der Waals surface area contributed by atoms with E-state index in [1.165, 1.54) is 0 Å². The molecule has 4 nitrogen and oxygen atoms in total. The molecule has 5 heteroatoms. The number of benzene rings is 1. The molecular formula is C14H16BrN3O. The summed E-state index contributed by atoms with van der Waals surface area (Å²) in [6.45, 7) is 2.64. The highest BCUT2D eigenvalue weighted by molar-refractivity contribution is 9.10. The molecule has 1 aromatic carbocycles. The molecule has 0 spiro atoms. The van der Waals surface area contributed by atoms with Crippen LogP contribution in [-0.2, 0) is 6.54 Å². The Hall–Kier alpha value is -1.75. The number of nitrogens with zero attached hydrogens (tertiary/aromatic N) is 1. The molecule has 0 unspecified atom stereocenters. The van der Waals surface area contributed by atoms with Crippen LogP contribution in [0.4, 0.5) is 11.5 Å². The Balaban J connectivity index is 2.13. The number of nitrogen functional groups attached to an aromatic ring is 1. The van der Waals surface area contributed by atoms with Gasteiger partial charge in [-0.2, -0.15) is 0 Å². The maximum atomic E-state index is 5.79. The van der Waals surface area contributed by atoms with Crippen molar-refractivity contribution in [1.29, 1.82) is 0 Å². The number of hydrogen-bond acceptors (Lipinski definition) is 4. The van der Waals surface area contributed by atoms with Crippen LogP contribution in [0.25, 0.3) is 0 Å². The second-order valence-corrected chi connectivity index (χ2v) is 5.10. The van der Waals surface area contributed by atoms with E-state index in [2.05, 4.69) is 26.2 Å². The molecule has 0 saturated carbocycles. The van der Waals surface area contributed by atoms with Gasteiger partial charge in [-0.05, 0) is 52.7 Å². The van der Waals surface area contributed by atoms with Crippen molar-refractivity contribution in [3.8, 4) is 5.75 Å². The highest BCUT2D eigenvalue weighted by Gasteiger charge is 2.04. The van der Waals surface area contributed by atoms with Crippen LogP contribution in [0.2, 0.25) is 0 Å². The van der Waals surface area contributed by atoms with E-state index < -0.39 is 0 Å². The summed E-state index contributed by atoms with van der Waals surface area (Å²) in [5, 5.41) is 3.26. The van der Waals surface area contributed by atoms with Crippen LogP contribution in [0.1, 0.15) is 11.1 Å². The lowest BCUT2D eigenvalue weighted by atomic mass is 10.1. The molecule has 2 aromatic rings. The lowest BCUT2D eigenvalue weighted by molar-refractivity contribution is 0.410. The Morgan fingerprint density at radius 1 is 1.37 bits per heavy atom. The molecule has 0 aliphatic carbocycles. The second-order valence-electron chi connectivity index (χ2n) is 4.24. The van der Waals surface area contributed by atoms with Crippen molar-refractivity contribution < 1.29 is 4.74 Å². The fraction of sp³-hybridized carbons (Fsp3) is 0.214. The van der Waals surface area contributed by atoms with Gasteiger partial charge in [-0.3, -0.25) is 0 Å². The molecule has 0 bridgehead atoms. The molecule has 0 amide bonds. The Labute approximate surface area is 121 Å². The fourth-order valence-electron chi connectivity index (χ4n) is 1.76. The molecule has 100 valence electrons. The normalized spacial score (nSPS) is 10.3. The van der Waals surface area contributed by atoms with Gasteiger partial charge in [0, 0.05) is 28.5 Å². The molecule has 0 fully saturated rings. The zero-order chi connectivity index (χ0) is 13.8. The van der Waals surface area contributed by atoms with Crippen LogP contribution in [-0.4, -0.2) is 12.1 Å². The standard InChI is InChI=1S/C14H16BrN3O/c1-9-5-14(18-8-12(9)15)17-7-10-6-11(16)3-4-13(10)19-2/h3-6,8H,7,16H2,1-2H3,(H,17,18). The van der Waals surface area contributed by atoms with Gasteiger partial charge in [-0.15, -0.1) is 0 Å². The maximum Gasteiger partial charge on any atom is 0.126 e. The van der Waals surface area contributed by atoms with Crippen LogP contribution in [0.3, 0.4) is 0 Å². The summed E-state index contributed by atoms with van der Waals surface area (Å²) in [6.07, 6.45) is 1.79. The summed E-state index contributed by atoms with van der Waals surface area (Å²) in [4.78, 5) is 4.30. The molecule has 2 rings (SSSR count). The number of pyridine rings is 1. The van der Waals surface area contributed by atoms with E-state index in [0.717, 1.165) is 32.9 Å². The average molecular weight is 322 g/mol. The summed E-state index contributed by atoms with van der Waals surface area (Å²) < 4.78 is 6.31. The Kier molecular flexibility index (Phi) is 4.27. The second kappa shape index (κ2) is 5.93. The van der Waals surface area contributed by atoms with Crippen molar-refractivity contribution in [2.75, 3.05) is 18.2 Å². The predicted molar refractivity (Wildman–Crippen MR) is 81.4 cm³/mol. The lowest BCUT2D eigenvalue weighted by Crippen LogP contribution is -2.04. The molecule has 1 aromatic heterocycles. The van der Waals surface area contributed by atoms with E-state index in [0.29, 0.717) is 6.54 Å². The minimum absolute atomic E-state index is 0.613. The predicted octanol–water partition coefficient (Wildman–Crippen LogP) is 3.36. The third kappa shape index (κ3) is 3.38. The van der Waals surface area contributed by atoms with E-state index in [4.69, 9.17) is 10.5 Å². The highest BCUT2D eigenvalue weighted by Crippen LogP contribution is 2.23. The third-order valence-corrected chi connectivity index (χ3v) is 3.64. The van der Waals surface area contributed by atoms with Gasteiger partial charge in [0.2, 0.25) is 0 Å². The molecule has 0 saturated heterocycles. The van der Waals surface area contributed by atoms with Gasteiger partial charge < -0.3 is 15.8 Å². The smallest absolute Gasteiger partial charge is 0.126 e. The molecule has 0 aliphatic rings. The molecular weight excluding hydrogens is 306 g/mol. The number of aromatic nitrogens is 1. The molecule has 3 N–H and O–H groups in total. The van der Waals surface area contributed by atoms with Gasteiger partial charge in [-0.1, -0.05) is 0 Å². The molecule has 0 atom stereocenters. The van der Waals surface area contributed by atoms with Crippen LogP contribution >= 0.6 is 15.9 Å². The number of nitrogens with two attached hydrogens (primary N) is 1. The Morgan fingerprint density at radius 2 is 2.16 bits per heavy atom. The largest absolute Gasteiger partial charge is 0.496 e. The van der Waals surface area contributed by atoms with E-state index >= 15 is 0 Å². The summed E-state index contributed by atoms with van der Waals surface area (Å²) in [5.41, 5.74) is 8.65. The Morgan fingerprint density at radius 3 is 2.84 bits per heavy atom. The van der Waals surface area contributed by atoms with Crippen LogP contribution in [0.15, 0.2) is 34.9 Å². The summed E-state index contributed by atoms with van der Waals surface area (Å²) in [5.74, 6) is 1.64. The number of nitrogens with one attached hydrogen (secondary N) is 1. The number of anilines is 2. The number of hydrogen-bond donors (Lipinski definition) is 2. The van der Waals surface area contributed by atoms with Crippen molar-refractivity contribution in [3.05, 3.63) is 46.1 Å². The summed E-state index contributed by atoms with van der Waals surface area (Å²) in [7, 11) is 1.65. The minimum Gasteiger partial charge on any atom is -0.496 e. The zero-order valence-electron chi connectivity index (χ0n) is 10.9. The van der Waals surface area contributed by atoms with E-state index in [1.54, 1.807) is 13.3 Å². The number of methoxy groups -OCH3 is 1. The maximum absolute atomic E-state index is 5.79. The van der Waals surface area contributed by atoms with Gasteiger partial charge in [0.1, 0.15) is 11.6 Å². The van der Waals surface area contributed by atoms with Gasteiger partial charge in [0.25, 0.3) is 0 Å². The highest BCUT2D eigenvalue weighted by atomic mass is 79.9. The van der Waals surface area contributed by atoms with E-state index in [1.807, 2.05) is 31.2 Å². The average Bonchev–Trinajstić information content (AvgIpc) is 2.40. The first kappa shape index (κ1) is 13.7. The molecule has 0 radical (unpaired) electrons. The van der Waals surface area contributed by atoms with Crippen molar-refractivity contribution in [3.63, 3.8) is 0 Å². The van der Waals surface area contributed by atoms with Gasteiger partial charge in [-0.25, -0.2) is 4.98 Å². The van der Waals surface area contributed by atoms with Crippen LogP contribution in [0.5, 0.6) is 5.75 Å². The van der Waals surface area contributed by atoms with Gasteiger partial charge in [0.05, 0.1) is 7.11 Å². The monoisotopic (exact) mass is 321 g/mol. The first-order chi connectivity index (χ1) is 9.10. The van der Waals surface area contributed by atoms with E-state index in [-0.39, 0.29) is 0 Å². The van der Waals surface area contributed by atoms with E-state index in [9.17, 15) is 0 Å². The number of halogens is 1. The zero-order valence-corrected chi connectivity index (χ0v) is 12.5. The van der Waals surface area contributed by atoms with Crippen LogP contribution in [0, 0.1) is 6.92 Å². The van der Waals surface area contributed by atoms with Gasteiger partial charge in [0.15, 0.2) is 0 Å². The summed E-state index contributed by atoms with van der Waals surface area (Å²) >= 11 is 3.43. The number of ether oxygens (including phenoxy) is 1. The van der Waals surface area contributed by atoms with Crippen LogP contribution < -0.4 is 15.8 Å². The lowest BCUT2D eigenvalue weighted by Gasteiger charge is -2.11. The molecule has 1 heterocycles. The SMILES string of the molecule is COc1ccc(N)cc1CNc1cc(C)c(Br)cn1. The third-order valence-electron chi connectivity index (χ3n) is 2.81. The van der Waals surface area contributed by atoms with Crippen molar-refractivity contribution in [1.82, 2.24) is 4.98 Å². The minimum atomic E-state index is 0.613. The Bertz CT molecular complexity index is 587. The van der Waals surface area contributed by atoms with Gasteiger partial charge >= 0.3 is 0 Å². The molecule has 0 aliphatic heterocycles. The van der Waals surface area contributed by atoms with Crippen molar-refractivity contribution in [2.45, 2.75) is 13.5 Å². The number of rotatable bonds is 4. The topological polar surface area (TPSA) is 60.2 Å². The van der Waals surface area contributed by atoms with Crippen molar-refractivity contribution in [2.24, 2.45) is 0 Å². The fourth-order valence-corrected chi connectivity index (χ4v) is 1.98. The first-order valence-corrected chi connectivity index (χ1v) is 6.68.